The molecule has 4 nitrogen and oxygen atoms in total. The zero-order valence-electron chi connectivity index (χ0n) is 15.7. The average Bonchev–Trinajstić information content (AvgIpc) is 2.62. The molecule has 25 heavy (non-hydrogen) atoms. The first-order valence-electron chi connectivity index (χ1n) is 9.31. The Balaban J connectivity index is 2.76. The van der Waals surface area contributed by atoms with Crippen molar-refractivity contribution in [1.29, 1.82) is 0 Å². The van der Waals surface area contributed by atoms with Crippen molar-refractivity contribution >= 4 is 21.9 Å². The van der Waals surface area contributed by atoms with Crippen LogP contribution in [-0.4, -0.2) is 26.3 Å². The maximum atomic E-state index is 11.9. The van der Waals surface area contributed by atoms with Crippen LogP contribution in [0.4, 0.5) is 0 Å². The summed E-state index contributed by atoms with van der Waals surface area (Å²) >= 11 is 3.55. The summed E-state index contributed by atoms with van der Waals surface area (Å²) in [6, 6.07) is 3.42. The predicted octanol–water partition coefficient (Wildman–Crippen LogP) is 6.15. The van der Waals surface area contributed by atoms with Gasteiger partial charge in [-0.25, -0.2) is 4.79 Å². The van der Waals surface area contributed by atoms with Crippen LogP contribution in [0, 0.1) is 0 Å². The van der Waals surface area contributed by atoms with Gasteiger partial charge in [-0.2, -0.15) is 0 Å². The number of halogens is 1. The number of hydrogen-bond donors (Lipinski definition) is 0. The van der Waals surface area contributed by atoms with E-state index in [-0.39, 0.29) is 5.97 Å². The first-order chi connectivity index (χ1) is 12.1. The van der Waals surface area contributed by atoms with E-state index in [0.29, 0.717) is 30.3 Å². The summed E-state index contributed by atoms with van der Waals surface area (Å²) in [7, 11) is 1.38. The molecule has 0 amide bonds. The first kappa shape index (κ1) is 21.8. The van der Waals surface area contributed by atoms with Crippen molar-refractivity contribution in [1.82, 2.24) is 0 Å². The quantitative estimate of drug-likeness (QED) is 0.286. The van der Waals surface area contributed by atoms with Gasteiger partial charge in [0.2, 0.25) is 0 Å². The zero-order chi connectivity index (χ0) is 18.5. The Morgan fingerprint density at radius 1 is 0.880 bits per heavy atom. The van der Waals surface area contributed by atoms with Crippen molar-refractivity contribution < 1.29 is 19.0 Å². The standard InChI is InChI=1S/C20H31BrO4/c1-4-6-8-10-12-24-17-14-16(20(22)23-3)15-18(19(17)21)25-13-11-9-7-5-2/h14-15H,4-13H2,1-3H3. The lowest BCUT2D eigenvalue weighted by molar-refractivity contribution is 0.0599. The Hall–Kier alpha value is -1.23. The van der Waals surface area contributed by atoms with E-state index in [9.17, 15) is 4.79 Å². The lowest BCUT2D eigenvalue weighted by Gasteiger charge is -2.14. The summed E-state index contributed by atoms with van der Waals surface area (Å²) in [6.07, 6.45) is 9.08. The minimum atomic E-state index is -0.390. The number of carbonyl (C=O) groups excluding carboxylic acids is 1. The van der Waals surface area contributed by atoms with Gasteiger partial charge in [-0.1, -0.05) is 52.4 Å². The van der Waals surface area contributed by atoms with Crippen LogP contribution in [-0.2, 0) is 4.74 Å². The topological polar surface area (TPSA) is 44.8 Å². The fourth-order valence-corrected chi connectivity index (χ4v) is 2.90. The third-order valence-electron chi connectivity index (χ3n) is 3.94. The summed E-state index contributed by atoms with van der Waals surface area (Å²) in [5, 5.41) is 0. The van der Waals surface area contributed by atoms with Crippen molar-refractivity contribution in [3.8, 4) is 11.5 Å². The summed E-state index contributed by atoms with van der Waals surface area (Å²) in [4.78, 5) is 11.9. The highest BCUT2D eigenvalue weighted by molar-refractivity contribution is 9.10. The minimum absolute atomic E-state index is 0.390. The molecule has 142 valence electrons. The second kappa shape index (κ2) is 13.0. The third kappa shape index (κ3) is 8.13. The van der Waals surface area contributed by atoms with Gasteiger partial charge in [-0.05, 0) is 40.9 Å². The SMILES string of the molecule is CCCCCCOc1cc(C(=O)OC)cc(OCCCCCC)c1Br. The van der Waals surface area contributed by atoms with E-state index < -0.39 is 0 Å². The van der Waals surface area contributed by atoms with Crippen molar-refractivity contribution in [2.24, 2.45) is 0 Å². The van der Waals surface area contributed by atoms with Crippen LogP contribution in [0.5, 0.6) is 11.5 Å². The monoisotopic (exact) mass is 414 g/mol. The van der Waals surface area contributed by atoms with Crippen molar-refractivity contribution in [2.45, 2.75) is 65.2 Å². The molecule has 0 aromatic heterocycles. The zero-order valence-corrected chi connectivity index (χ0v) is 17.3. The van der Waals surface area contributed by atoms with Crippen LogP contribution in [0.15, 0.2) is 16.6 Å². The molecule has 0 unspecified atom stereocenters. The smallest absolute Gasteiger partial charge is 0.338 e. The maximum absolute atomic E-state index is 11.9. The van der Waals surface area contributed by atoms with Gasteiger partial charge in [0.05, 0.1) is 25.9 Å². The molecule has 0 bridgehead atoms. The molecule has 5 heteroatoms. The van der Waals surface area contributed by atoms with Gasteiger partial charge in [-0.3, -0.25) is 0 Å². The number of rotatable bonds is 13. The average molecular weight is 415 g/mol. The molecule has 0 atom stereocenters. The van der Waals surface area contributed by atoms with Crippen LogP contribution in [0.25, 0.3) is 0 Å². The van der Waals surface area contributed by atoms with Gasteiger partial charge < -0.3 is 14.2 Å². The second-order valence-corrected chi connectivity index (χ2v) is 6.89. The Morgan fingerprint density at radius 3 is 1.76 bits per heavy atom. The number of benzene rings is 1. The van der Waals surface area contributed by atoms with Gasteiger partial charge in [-0.15, -0.1) is 0 Å². The first-order valence-corrected chi connectivity index (χ1v) is 10.1. The predicted molar refractivity (Wildman–Crippen MR) is 105 cm³/mol. The van der Waals surface area contributed by atoms with Gasteiger partial charge in [0, 0.05) is 0 Å². The molecule has 0 aliphatic carbocycles. The fraction of sp³-hybridized carbons (Fsp3) is 0.650. The highest BCUT2D eigenvalue weighted by atomic mass is 79.9. The van der Waals surface area contributed by atoms with E-state index in [2.05, 4.69) is 29.8 Å². The maximum Gasteiger partial charge on any atom is 0.338 e. The molecule has 0 heterocycles. The molecule has 0 radical (unpaired) electrons. The lowest BCUT2D eigenvalue weighted by Crippen LogP contribution is -2.06. The molecule has 1 aromatic rings. The molecule has 0 saturated heterocycles. The highest BCUT2D eigenvalue weighted by Gasteiger charge is 2.16. The van der Waals surface area contributed by atoms with E-state index >= 15 is 0 Å². The van der Waals surface area contributed by atoms with Crippen molar-refractivity contribution in [2.75, 3.05) is 20.3 Å². The summed E-state index contributed by atoms with van der Waals surface area (Å²) < 4.78 is 17.3. The Kier molecular flexibility index (Phi) is 11.4. The molecule has 0 saturated carbocycles. The van der Waals surface area contributed by atoms with E-state index in [1.807, 2.05) is 0 Å². The Labute approximate surface area is 160 Å². The van der Waals surface area contributed by atoms with E-state index in [1.165, 1.54) is 32.8 Å². The van der Waals surface area contributed by atoms with Crippen LogP contribution in [0.2, 0.25) is 0 Å². The molecule has 0 spiro atoms. The Bertz CT molecular complexity index is 481. The molecular formula is C20H31BrO4. The van der Waals surface area contributed by atoms with Crippen molar-refractivity contribution in [3.05, 3.63) is 22.2 Å². The normalized spacial score (nSPS) is 10.6. The molecule has 0 aliphatic rings. The fourth-order valence-electron chi connectivity index (χ4n) is 2.44. The highest BCUT2D eigenvalue weighted by Crippen LogP contribution is 2.36. The molecule has 0 N–H and O–H groups in total. The summed E-state index contributed by atoms with van der Waals surface area (Å²) in [6.45, 7) is 5.61. The number of ether oxygens (including phenoxy) is 3. The number of carbonyl (C=O) groups is 1. The van der Waals surface area contributed by atoms with Crippen molar-refractivity contribution in [3.63, 3.8) is 0 Å². The van der Waals surface area contributed by atoms with Crippen LogP contribution in [0.3, 0.4) is 0 Å². The third-order valence-corrected chi connectivity index (χ3v) is 4.72. The van der Waals surface area contributed by atoms with Gasteiger partial charge in [0.25, 0.3) is 0 Å². The molecule has 0 fully saturated rings. The summed E-state index contributed by atoms with van der Waals surface area (Å²) in [5.74, 6) is 0.866. The number of unbranched alkanes of at least 4 members (excludes halogenated alkanes) is 6. The Morgan fingerprint density at radius 2 is 1.36 bits per heavy atom. The lowest BCUT2D eigenvalue weighted by atomic mass is 10.2. The summed E-state index contributed by atoms with van der Waals surface area (Å²) in [5.41, 5.74) is 0.442. The van der Waals surface area contributed by atoms with E-state index in [4.69, 9.17) is 14.2 Å². The largest absolute Gasteiger partial charge is 0.492 e. The second-order valence-electron chi connectivity index (χ2n) is 6.10. The van der Waals surface area contributed by atoms with Gasteiger partial charge in [0.15, 0.2) is 0 Å². The number of methoxy groups -OCH3 is 1. The van der Waals surface area contributed by atoms with Crippen LogP contribution >= 0.6 is 15.9 Å². The molecular weight excluding hydrogens is 384 g/mol. The number of esters is 1. The van der Waals surface area contributed by atoms with E-state index in [0.717, 1.165) is 30.2 Å². The molecule has 1 aromatic carbocycles. The van der Waals surface area contributed by atoms with E-state index in [1.54, 1.807) is 12.1 Å². The van der Waals surface area contributed by atoms with Crippen LogP contribution in [0.1, 0.15) is 75.6 Å². The molecule has 0 aliphatic heterocycles. The van der Waals surface area contributed by atoms with Crippen LogP contribution < -0.4 is 9.47 Å². The van der Waals surface area contributed by atoms with Gasteiger partial charge >= 0.3 is 5.97 Å². The number of hydrogen-bond acceptors (Lipinski definition) is 4. The molecule has 1 rings (SSSR count). The van der Waals surface area contributed by atoms with Gasteiger partial charge in [0.1, 0.15) is 16.0 Å². The minimum Gasteiger partial charge on any atom is -0.492 e.